The van der Waals surface area contributed by atoms with Gasteiger partial charge in [0.15, 0.2) is 0 Å². The fraction of sp³-hybridized carbons (Fsp3) is 0.250. The van der Waals surface area contributed by atoms with Crippen molar-refractivity contribution < 1.29 is 4.39 Å². The van der Waals surface area contributed by atoms with Crippen LogP contribution >= 0.6 is 22.6 Å². The van der Waals surface area contributed by atoms with Gasteiger partial charge in [-0.3, -0.25) is 0 Å². The molecule has 0 aliphatic carbocycles. The van der Waals surface area contributed by atoms with Gasteiger partial charge in [-0.15, -0.1) is 0 Å². The van der Waals surface area contributed by atoms with Gasteiger partial charge >= 0.3 is 0 Å². The van der Waals surface area contributed by atoms with Gasteiger partial charge in [-0.1, -0.05) is 0 Å². The van der Waals surface area contributed by atoms with Crippen LogP contribution in [0.2, 0.25) is 0 Å². The van der Waals surface area contributed by atoms with Gasteiger partial charge < -0.3 is 5.32 Å². The van der Waals surface area contributed by atoms with E-state index in [1.807, 2.05) is 0 Å². The van der Waals surface area contributed by atoms with Crippen LogP contribution in [0.1, 0.15) is 5.56 Å². The minimum atomic E-state index is -0.104. The zero-order valence-electron chi connectivity index (χ0n) is 5.82. The van der Waals surface area contributed by atoms with Crippen LogP contribution in [0.5, 0.6) is 0 Å². The molecule has 0 spiro atoms. The van der Waals surface area contributed by atoms with Gasteiger partial charge in [0.2, 0.25) is 0 Å². The van der Waals surface area contributed by atoms with Crippen molar-refractivity contribution in [2.45, 2.75) is 6.42 Å². The van der Waals surface area contributed by atoms with E-state index in [1.165, 1.54) is 6.07 Å². The van der Waals surface area contributed by atoms with Crippen molar-refractivity contribution in [3.8, 4) is 0 Å². The molecule has 0 bridgehead atoms. The molecular weight excluding hydrogens is 256 g/mol. The molecule has 1 aliphatic rings. The Morgan fingerprint density at radius 1 is 1.45 bits per heavy atom. The van der Waals surface area contributed by atoms with E-state index >= 15 is 0 Å². The first-order valence-electron chi connectivity index (χ1n) is 3.50. The minimum Gasteiger partial charge on any atom is -0.384 e. The molecule has 0 amide bonds. The molecule has 0 radical (unpaired) electrons. The van der Waals surface area contributed by atoms with Gasteiger partial charge in [-0.2, -0.15) is 0 Å². The van der Waals surface area contributed by atoms with Crippen molar-refractivity contribution >= 4 is 28.3 Å². The van der Waals surface area contributed by atoms with Crippen LogP contribution in [0, 0.1) is 9.39 Å². The number of fused-ring (bicyclic) bond motifs is 1. The molecule has 11 heavy (non-hydrogen) atoms. The molecule has 1 aromatic carbocycles. The van der Waals surface area contributed by atoms with E-state index in [4.69, 9.17) is 0 Å². The largest absolute Gasteiger partial charge is 0.384 e. The molecule has 3 heteroatoms. The summed E-state index contributed by atoms with van der Waals surface area (Å²) in [6.45, 7) is 0.939. The molecule has 58 valence electrons. The average molecular weight is 263 g/mol. The van der Waals surface area contributed by atoms with Gasteiger partial charge in [0, 0.05) is 12.2 Å². The standard InChI is InChI=1S/C8H7FIN/c9-6-1-2-7-5(8(6)10)3-4-11-7/h1-2,11H,3-4H2. The summed E-state index contributed by atoms with van der Waals surface area (Å²) in [5.41, 5.74) is 2.22. The molecule has 0 saturated carbocycles. The number of hydrogen-bond donors (Lipinski definition) is 1. The first kappa shape index (κ1) is 7.34. The third kappa shape index (κ3) is 1.11. The van der Waals surface area contributed by atoms with Crippen molar-refractivity contribution in [1.82, 2.24) is 0 Å². The molecule has 0 atom stereocenters. The molecule has 2 rings (SSSR count). The number of rotatable bonds is 0. The van der Waals surface area contributed by atoms with Crippen LogP contribution in [-0.2, 0) is 6.42 Å². The third-order valence-corrected chi connectivity index (χ3v) is 3.05. The van der Waals surface area contributed by atoms with Crippen molar-refractivity contribution in [3.05, 3.63) is 27.1 Å². The van der Waals surface area contributed by atoms with E-state index in [0.29, 0.717) is 0 Å². The number of halogens is 2. The lowest BCUT2D eigenvalue weighted by Gasteiger charge is -2.01. The van der Waals surface area contributed by atoms with Gasteiger partial charge in [-0.25, -0.2) is 4.39 Å². The Hall–Kier alpha value is -0.320. The minimum absolute atomic E-state index is 0.104. The predicted molar refractivity (Wildman–Crippen MR) is 51.3 cm³/mol. The number of benzene rings is 1. The van der Waals surface area contributed by atoms with Gasteiger partial charge in [0.25, 0.3) is 0 Å². The van der Waals surface area contributed by atoms with Crippen molar-refractivity contribution in [3.63, 3.8) is 0 Å². The highest BCUT2D eigenvalue weighted by Crippen LogP contribution is 2.28. The number of anilines is 1. The highest BCUT2D eigenvalue weighted by molar-refractivity contribution is 14.1. The molecule has 1 aliphatic heterocycles. The fourth-order valence-electron chi connectivity index (χ4n) is 1.32. The summed E-state index contributed by atoms with van der Waals surface area (Å²) in [7, 11) is 0. The molecule has 0 fully saturated rings. The summed E-state index contributed by atoms with van der Waals surface area (Å²) < 4.78 is 13.7. The van der Waals surface area contributed by atoms with Crippen LogP contribution in [0.25, 0.3) is 0 Å². The Kier molecular flexibility index (Phi) is 1.75. The second kappa shape index (κ2) is 2.62. The Morgan fingerprint density at radius 2 is 2.27 bits per heavy atom. The molecular formula is C8H7FIN. The zero-order chi connectivity index (χ0) is 7.84. The lowest BCUT2D eigenvalue weighted by molar-refractivity contribution is 0.618. The highest BCUT2D eigenvalue weighted by atomic mass is 127. The van der Waals surface area contributed by atoms with Crippen molar-refractivity contribution in [2.24, 2.45) is 0 Å². The number of hydrogen-bond acceptors (Lipinski definition) is 1. The van der Waals surface area contributed by atoms with Crippen molar-refractivity contribution in [2.75, 3.05) is 11.9 Å². The smallest absolute Gasteiger partial charge is 0.136 e. The average Bonchev–Trinajstić information content (AvgIpc) is 2.45. The Morgan fingerprint density at radius 3 is 3.09 bits per heavy atom. The lowest BCUT2D eigenvalue weighted by Crippen LogP contribution is -1.90. The number of nitrogens with one attached hydrogen (secondary N) is 1. The third-order valence-electron chi connectivity index (χ3n) is 1.89. The highest BCUT2D eigenvalue weighted by Gasteiger charge is 2.15. The van der Waals surface area contributed by atoms with Crippen LogP contribution in [0.4, 0.5) is 10.1 Å². The second-order valence-corrected chi connectivity index (χ2v) is 3.64. The first-order chi connectivity index (χ1) is 5.29. The zero-order valence-corrected chi connectivity index (χ0v) is 7.98. The van der Waals surface area contributed by atoms with Gasteiger partial charge in [0.1, 0.15) is 5.82 Å². The second-order valence-electron chi connectivity index (χ2n) is 2.56. The maximum atomic E-state index is 12.9. The van der Waals surface area contributed by atoms with Gasteiger partial charge in [-0.05, 0) is 46.7 Å². The summed E-state index contributed by atoms with van der Waals surface area (Å²) in [6.07, 6.45) is 0.950. The van der Waals surface area contributed by atoms with E-state index < -0.39 is 0 Å². The summed E-state index contributed by atoms with van der Waals surface area (Å²) >= 11 is 2.06. The van der Waals surface area contributed by atoms with E-state index in [0.717, 1.165) is 27.8 Å². The molecule has 1 nitrogen and oxygen atoms in total. The summed E-state index contributed by atoms with van der Waals surface area (Å²) in [4.78, 5) is 0. The SMILES string of the molecule is Fc1ccc2c(c1I)CCN2. The maximum absolute atomic E-state index is 12.9. The van der Waals surface area contributed by atoms with Crippen LogP contribution in [0.3, 0.4) is 0 Å². The quantitative estimate of drug-likeness (QED) is 0.709. The molecule has 1 heterocycles. The Bertz CT molecular complexity index is 298. The maximum Gasteiger partial charge on any atom is 0.136 e. The molecule has 1 aromatic rings. The van der Waals surface area contributed by atoms with Crippen LogP contribution in [-0.4, -0.2) is 6.54 Å². The Balaban J connectivity index is 2.62. The topological polar surface area (TPSA) is 12.0 Å². The Labute approximate surface area is 78.1 Å². The molecule has 1 N–H and O–H groups in total. The first-order valence-corrected chi connectivity index (χ1v) is 4.57. The summed E-state index contributed by atoms with van der Waals surface area (Å²) in [6, 6.07) is 3.32. The van der Waals surface area contributed by atoms with E-state index in [2.05, 4.69) is 27.9 Å². The summed E-state index contributed by atoms with van der Waals surface area (Å²) in [5, 5.41) is 3.20. The van der Waals surface area contributed by atoms with Crippen LogP contribution < -0.4 is 5.32 Å². The van der Waals surface area contributed by atoms with E-state index in [1.54, 1.807) is 6.07 Å². The molecule has 0 saturated heterocycles. The molecule has 0 unspecified atom stereocenters. The van der Waals surface area contributed by atoms with Crippen LogP contribution in [0.15, 0.2) is 12.1 Å². The van der Waals surface area contributed by atoms with E-state index in [9.17, 15) is 4.39 Å². The van der Waals surface area contributed by atoms with Crippen molar-refractivity contribution in [1.29, 1.82) is 0 Å². The van der Waals surface area contributed by atoms with Gasteiger partial charge in [0.05, 0.1) is 3.57 Å². The summed E-state index contributed by atoms with van der Waals surface area (Å²) in [5.74, 6) is -0.104. The normalized spacial score (nSPS) is 14.4. The predicted octanol–water partition coefficient (Wildman–Crippen LogP) is 2.40. The molecule has 0 aromatic heterocycles. The monoisotopic (exact) mass is 263 g/mol. The fourth-order valence-corrected chi connectivity index (χ4v) is 2.06. The lowest BCUT2D eigenvalue weighted by atomic mass is 10.2. The van der Waals surface area contributed by atoms with E-state index in [-0.39, 0.29) is 5.82 Å².